The van der Waals surface area contributed by atoms with Gasteiger partial charge in [-0.3, -0.25) is 4.68 Å². The van der Waals surface area contributed by atoms with Crippen LogP contribution in [0.25, 0.3) is 0 Å². The van der Waals surface area contributed by atoms with Gasteiger partial charge in [0, 0.05) is 13.1 Å². The van der Waals surface area contributed by atoms with Crippen LogP contribution in [0, 0.1) is 0 Å². The van der Waals surface area contributed by atoms with Crippen LogP contribution in [0.4, 0.5) is 0 Å². The van der Waals surface area contributed by atoms with Gasteiger partial charge in [-0.05, 0) is 42.5 Å². The number of nitrogens with two attached hydrogens (primary N) is 1. The van der Waals surface area contributed by atoms with Crippen LogP contribution >= 0.6 is 0 Å². The first-order valence-electron chi connectivity index (χ1n) is 6.58. The molecule has 1 aromatic heterocycles. The Bertz CT molecular complexity index is 579. The lowest BCUT2D eigenvalue weighted by Gasteiger charge is -2.22. The smallest absolute Gasteiger partial charge is 0.164 e. The summed E-state index contributed by atoms with van der Waals surface area (Å²) < 4.78 is 7.48. The van der Waals surface area contributed by atoms with Gasteiger partial charge >= 0.3 is 0 Å². The van der Waals surface area contributed by atoms with Crippen LogP contribution in [0.5, 0.6) is 5.75 Å². The lowest BCUT2D eigenvalue weighted by molar-refractivity contribution is 0.289. The van der Waals surface area contributed by atoms with Crippen molar-refractivity contribution >= 4 is 0 Å². The van der Waals surface area contributed by atoms with Gasteiger partial charge in [0.15, 0.2) is 5.82 Å². The molecule has 0 unspecified atom stereocenters. The molecule has 1 heterocycles. The van der Waals surface area contributed by atoms with Crippen LogP contribution < -0.4 is 10.5 Å². The zero-order valence-electron chi connectivity index (χ0n) is 11.0. The number of aryl methyl sites for hydroxylation is 2. The quantitative estimate of drug-likeness (QED) is 0.910. The van der Waals surface area contributed by atoms with Gasteiger partial charge in [-0.1, -0.05) is 6.07 Å². The maximum absolute atomic E-state index is 6.15. The molecular weight excluding hydrogens is 240 g/mol. The van der Waals surface area contributed by atoms with E-state index in [1.54, 1.807) is 4.68 Å². The van der Waals surface area contributed by atoms with Crippen LogP contribution in [0.2, 0.25) is 0 Å². The molecule has 5 heteroatoms. The Morgan fingerprint density at radius 2 is 2.37 bits per heavy atom. The lowest BCUT2D eigenvalue weighted by atomic mass is 9.88. The first kappa shape index (κ1) is 12.2. The summed E-state index contributed by atoms with van der Waals surface area (Å²) in [4.78, 5) is 4.14. The Morgan fingerprint density at radius 3 is 3.16 bits per heavy atom. The molecule has 0 saturated heterocycles. The molecule has 19 heavy (non-hydrogen) atoms. The van der Waals surface area contributed by atoms with Crippen molar-refractivity contribution in [1.82, 2.24) is 14.8 Å². The van der Waals surface area contributed by atoms with Crippen molar-refractivity contribution in [3.63, 3.8) is 0 Å². The fourth-order valence-corrected chi connectivity index (χ4v) is 2.50. The monoisotopic (exact) mass is 258 g/mol. The van der Waals surface area contributed by atoms with E-state index in [1.807, 2.05) is 13.1 Å². The lowest BCUT2D eigenvalue weighted by Crippen LogP contribution is -2.17. The van der Waals surface area contributed by atoms with E-state index >= 15 is 0 Å². The zero-order chi connectivity index (χ0) is 13.2. The second-order valence-corrected chi connectivity index (χ2v) is 4.95. The van der Waals surface area contributed by atoms with E-state index in [4.69, 9.17) is 10.5 Å². The molecule has 0 amide bonds. The molecule has 0 fully saturated rings. The Morgan fingerprint density at radius 1 is 1.47 bits per heavy atom. The van der Waals surface area contributed by atoms with Gasteiger partial charge in [0.1, 0.15) is 18.7 Å². The molecule has 1 aliphatic rings. The topological polar surface area (TPSA) is 66.0 Å². The molecular formula is C14H18N4O. The molecule has 100 valence electrons. The number of rotatable bonds is 3. The standard InChI is InChI=1S/C14H18N4O/c1-18-14(16-9-17-18)8-19-11-6-5-10-3-2-4-13(15)12(10)7-11/h5-7,9,13H,2-4,8,15H2,1H3/t13-/m0/s1. The van der Waals surface area contributed by atoms with Gasteiger partial charge in [0.05, 0.1) is 0 Å². The largest absolute Gasteiger partial charge is 0.486 e. The highest BCUT2D eigenvalue weighted by molar-refractivity contribution is 5.39. The molecule has 0 saturated carbocycles. The van der Waals surface area contributed by atoms with Crippen molar-refractivity contribution in [2.24, 2.45) is 12.8 Å². The fourth-order valence-electron chi connectivity index (χ4n) is 2.50. The number of fused-ring (bicyclic) bond motifs is 1. The average molecular weight is 258 g/mol. The molecule has 0 aliphatic heterocycles. The van der Waals surface area contributed by atoms with Gasteiger partial charge in [0.2, 0.25) is 0 Å². The highest BCUT2D eigenvalue weighted by Crippen LogP contribution is 2.30. The van der Waals surface area contributed by atoms with Crippen LogP contribution in [0.15, 0.2) is 24.5 Å². The summed E-state index contributed by atoms with van der Waals surface area (Å²) in [5.41, 5.74) is 8.72. The summed E-state index contributed by atoms with van der Waals surface area (Å²) in [7, 11) is 1.86. The van der Waals surface area contributed by atoms with Crippen LogP contribution in [0.3, 0.4) is 0 Å². The summed E-state index contributed by atoms with van der Waals surface area (Å²) in [5.74, 6) is 1.65. The van der Waals surface area contributed by atoms with E-state index in [0.717, 1.165) is 24.4 Å². The highest BCUT2D eigenvalue weighted by atomic mass is 16.5. The number of hydrogen-bond donors (Lipinski definition) is 1. The SMILES string of the molecule is Cn1ncnc1COc1ccc2c(c1)[C@@H](N)CCC2. The van der Waals surface area contributed by atoms with Gasteiger partial charge in [0.25, 0.3) is 0 Å². The maximum atomic E-state index is 6.15. The van der Waals surface area contributed by atoms with Crippen molar-refractivity contribution < 1.29 is 4.74 Å². The van der Waals surface area contributed by atoms with Crippen LogP contribution in [0.1, 0.15) is 35.8 Å². The van der Waals surface area contributed by atoms with E-state index in [1.165, 1.54) is 23.9 Å². The molecule has 5 nitrogen and oxygen atoms in total. The minimum Gasteiger partial charge on any atom is -0.486 e. The van der Waals surface area contributed by atoms with E-state index in [-0.39, 0.29) is 6.04 Å². The van der Waals surface area contributed by atoms with E-state index < -0.39 is 0 Å². The van der Waals surface area contributed by atoms with Crippen LogP contribution in [-0.2, 0) is 20.1 Å². The Labute approximate surface area is 112 Å². The number of aromatic nitrogens is 3. The number of nitrogens with zero attached hydrogens (tertiary/aromatic N) is 3. The number of benzene rings is 1. The first-order valence-corrected chi connectivity index (χ1v) is 6.58. The molecule has 2 aromatic rings. The van der Waals surface area contributed by atoms with Gasteiger partial charge in [-0.2, -0.15) is 5.10 Å². The van der Waals surface area contributed by atoms with E-state index in [9.17, 15) is 0 Å². The minimum absolute atomic E-state index is 0.141. The molecule has 1 atom stereocenters. The van der Waals surface area contributed by atoms with Crippen LogP contribution in [-0.4, -0.2) is 14.8 Å². The van der Waals surface area contributed by atoms with Gasteiger partial charge < -0.3 is 10.5 Å². The summed E-state index contributed by atoms with van der Waals surface area (Å²) in [6, 6.07) is 6.34. The highest BCUT2D eigenvalue weighted by Gasteiger charge is 2.17. The predicted octanol–water partition coefficient (Wildman–Crippen LogP) is 1.73. The van der Waals surface area contributed by atoms with E-state index in [2.05, 4.69) is 22.2 Å². The maximum Gasteiger partial charge on any atom is 0.164 e. The molecule has 0 radical (unpaired) electrons. The Hall–Kier alpha value is -1.88. The second-order valence-electron chi connectivity index (χ2n) is 4.95. The molecule has 1 aliphatic carbocycles. The molecule has 0 spiro atoms. The van der Waals surface area contributed by atoms with Crippen molar-refractivity contribution in [3.8, 4) is 5.75 Å². The Kier molecular flexibility index (Phi) is 3.21. The summed E-state index contributed by atoms with van der Waals surface area (Å²) in [6.45, 7) is 0.421. The molecule has 3 rings (SSSR count). The summed E-state index contributed by atoms with van der Waals surface area (Å²) >= 11 is 0. The fraction of sp³-hybridized carbons (Fsp3) is 0.429. The third kappa shape index (κ3) is 2.46. The first-order chi connectivity index (χ1) is 9.24. The minimum atomic E-state index is 0.141. The number of hydrogen-bond acceptors (Lipinski definition) is 4. The summed E-state index contributed by atoms with van der Waals surface area (Å²) in [5, 5.41) is 4.02. The Balaban J connectivity index is 1.75. The van der Waals surface area contributed by atoms with Crippen molar-refractivity contribution in [2.45, 2.75) is 31.9 Å². The molecule has 1 aromatic carbocycles. The van der Waals surface area contributed by atoms with Crippen molar-refractivity contribution in [3.05, 3.63) is 41.5 Å². The zero-order valence-corrected chi connectivity index (χ0v) is 11.0. The molecule has 0 bridgehead atoms. The van der Waals surface area contributed by atoms with Gasteiger partial charge in [-0.15, -0.1) is 0 Å². The van der Waals surface area contributed by atoms with Gasteiger partial charge in [-0.25, -0.2) is 4.98 Å². The van der Waals surface area contributed by atoms with E-state index in [0.29, 0.717) is 6.61 Å². The number of ether oxygens (including phenoxy) is 1. The second kappa shape index (κ2) is 5.01. The summed E-state index contributed by atoms with van der Waals surface area (Å²) in [6.07, 6.45) is 4.88. The third-order valence-electron chi connectivity index (χ3n) is 3.65. The van der Waals surface area contributed by atoms with Crippen molar-refractivity contribution in [2.75, 3.05) is 0 Å². The third-order valence-corrected chi connectivity index (χ3v) is 3.65. The molecule has 2 N–H and O–H groups in total. The van der Waals surface area contributed by atoms with Crippen molar-refractivity contribution in [1.29, 1.82) is 0 Å². The normalized spacial score (nSPS) is 18.1. The predicted molar refractivity (Wildman–Crippen MR) is 71.6 cm³/mol. The average Bonchev–Trinajstić information content (AvgIpc) is 2.83.